The molecule has 0 bridgehead atoms. The molecule has 0 aromatic carbocycles. The van der Waals surface area contributed by atoms with E-state index in [0.29, 0.717) is 18.4 Å². The standard InChI is InChI=1S/C13H21N3O3/c1-9(2)5-11-14-12(19-15-11)8-16-4-3-10(7-16)6-13(17)18/h9-10H,3-8H2,1-2H3,(H,17,18). The second-order valence-corrected chi connectivity index (χ2v) is 5.69. The number of hydrogen-bond acceptors (Lipinski definition) is 5. The maximum atomic E-state index is 10.7. The van der Waals surface area contributed by atoms with Crippen LogP contribution in [0.5, 0.6) is 0 Å². The van der Waals surface area contributed by atoms with Crippen LogP contribution in [0.3, 0.4) is 0 Å². The van der Waals surface area contributed by atoms with E-state index >= 15 is 0 Å². The van der Waals surface area contributed by atoms with Gasteiger partial charge in [-0.1, -0.05) is 19.0 Å². The normalized spacial score (nSPS) is 20.3. The fraction of sp³-hybridized carbons (Fsp3) is 0.769. The summed E-state index contributed by atoms with van der Waals surface area (Å²) in [7, 11) is 0. The quantitative estimate of drug-likeness (QED) is 0.842. The highest BCUT2D eigenvalue weighted by atomic mass is 16.5. The van der Waals surface area contributed by atoms with Gasteiger partial charge in [-0.25, -0.2) is 0 Å². The molecule has 1 N–H and O–H groups in total. The van der Waals surface area contributed by atoms with Crippen molar-refractivity contribution in [2.75, 3.05) is 13.1 Å². The van der Waals surface area contributed by atoms with Gasteiger partial charge in [-0.15, -0.1) is 0 Å². The number of aromatic nitrogens is 2. The summed E-state index contributed by atoms with van der Waals surface area (Å²) in [6.45, 7) is 6.56. The van der Waals surface area contributed by atoms with Crippen LogP contribution in [-0.4, -0.2) is 39.2 Å². The number of carbonyl (C=O) groups is 1. The molecule has 0 radical (unpaired) electrons. The van der Waals surface area contributed by atoms with Crippen molar-refractivity contribution in [2.45, 2.75) is 39.7 Å². The molecule has 1 unspecified atom stereocenters. The van der Waals surface area contributed by atoms with Crippen LogP contribution in [0.4, 0.5) is 0 Å². The fourth-order valence-electron chi connectivity index (χ4n) is 2.46. The zero-order valence-electron chi connectivity index (χ0n) is 11.5. The number of carboxylic acid groups (broad SMARTS) is 1. The van der Waals surface area contributed by atoms with Gasteiger partial charge in [0.15, 0.2) is 5.82 Å². The zero-order valence-corrected chi connectivity index (χ0v) is 11.5. The molecule has 1 aromatic heterocycles. The van der Waals surface area contributed by atoms with Crippen LogP contribution in [0, 0.1) is 11.8 Å². The van der Waals surface area contributed by atoms with Crippen molar-refractivity contribution < 1.29 is 14.4 Å². The van der Waals surface area contributed by atoms with Crippen molar-refractivity contribution in [3.05, 3.63) is 11.7 Å². The van der Waals surface area contributed by atoms with E-state index in [9.17, 15) is 4.79 Å². The molecule has 0 amide bonds. The first kappa shape index (κ1) is 14.0. The number of rotatable bonds is 6. The van der Waals surface area contributed by atoms with E-state index in [1.165, 1.54) is 0 Å². The smallest absolute Gasteiger partial charge is 0.303 e. The van der Waals surface area contributed by atoms with E-state index < -0.39 is 5.97 Å². The average molecular weight is 267 g/mol. The summed E-state index contributed by atoms with van der Waals surface area (Å²) in [5, 5.41) is 12.7. The fourth-order valence-corrected chi connectivity index (χ4v) is 2.46. The first-order valence-electron chi connectivity index (χ1n) is 6.78. The molecule has 2 rings (SSSR count). The Morgan fingerprint density at radius 1 is 1.58 bits per heavy atom. The van der Waals surface area contributed by atoms with Gasteiger partial charge in [0.25, 0.3) is 0 Å². The van der Waals surface area contributed by atoms with Gasteiger partial charge in [0.1, 0.15) is 0 Å². The summed E-state index contributed by atoms with van der Waals surface area (Å²) in [6, 6.07) is 0. The highest BCUT2D eigenvalue weighted by molar-refractivity contribution is 5.67. The van der Waals surface area contributed by atoms with E-state index in [2.05, 4.69) is 28.9 Å². The van der Waals surface area contributed by atoms with Gasteiger partial charge >= 0.3 is 5.97 Å². The Kier molecular flexibility index (Phi) is 4.52. The molecule has 6 heteroatoms. The Hall–Kier alpha value is -1.43. The molecule has 0 spiro atoms. The topological polar surface area (TPSA) is 79.5 Å². The van der Waals surface area contributed by atoms with Gasteiger partial charge < -0.3 is 9.63 Å². The lowest BCUT2D eigenvalue weighted by molar-refractivity contribution is -0.138. The minimum atomic E-state index is -0.719. The third kappa shape index (κ3) is 4.31. The van der Waals surface area contributed by atoms with Crippen LogP contribution < -0.4 is 0 Å². The van der Waals surface area contributed by atoms with Crippen molar-refractivity contribution in [3.8, 4) is 0 Å². The molecule has 1 aliphatic heterocycles. The molecule has 0 saturated carbocycles. The SMILES string of the molecule is CC(C)Cc1noc(CN2CCC(CC(=O)O)C2)n1. The molecule has 2 heterocycles. The van der Waals surface area contributed by atoms with E-state index in [4.69, 9.17) is 9.63 Å². The predicted molar refractivity (Wildman–Crippen MR) is 68.5 cm³/mol. The van der Waals surface area contributed by atoms with E-state index in [1.807, 2.05) is 0 Å². The van der Waals surface area contributed by atoms with Crippen molar-refractivity contribution in [2.24, 2.45) is 11.8 Å². The summed E-state index contributed by atoms with van der Waals surface area (Å²) in [5.74, 6) is 1.43. The summed E-state index contributed by atoms with van der Waals surface area (Å²) >= 11 is 0. The van der Waals surface area contributed by atoms with Crippen LogP contribution >= 0.6 is 0 Å². The number of likely N-dealkylation sites (tertiary alicyclic amines) is 1. The summed E-state index contributed by atoms with van der Waals surface area (Å²) in [5.41, 5.74) is 0. The molecular formula is C13H21N3O3. The molecule has 106 valence electrons. The highest BCUT2D eigenvalue weighted by Crippen LogP contribution is 2.21. The van der Waals surface area contributed by atoms with Crippen LogP contribution in [0.2, 0.25) is 0 Å². The Morgan fingerprint density at radius 3 is 3.05 bits per heavy atom. The minimum absolute atomic E-state index is 0.246. The lowest BCUT2D eigenvalue weighted by Gasteiger charge is -2.12. The number of hydrogen-bond donors (Lipinski definition) is 1. The van der Waals surface area contributed by atoms with E-state index in [-0.39, 0.29) is 12.3 Å². The van der Waals surface area contributed by atoms with Gasteiger partial charge in [-0.2, -0.15) is 4.98 Å². The molecule has 0 aliphatic carbocycles. The third-order valence-corrected chi connectivity index (χ3v) is 3.29. The second kappa shape index (κ2) is 6.14. The van der Waals surface area contributed by atoms with Gasteiger partial charge in [-0.3, -0.25) is 9.69 Å². The van der Waals surface area contributed by atoms with Crippen molar-refractivity contribution in [1.29, 1.82) is 0 Å². The lowest BCUT2D eigenvalue weighted by Crippen LogP contribution is -2.21. The Bertz CT molecular complexity index is 431. The van der Waals surface area contributed by atoms with Gasteiger partial charge in [0.2, 0.25) is 5.89 Å². The van der Waals surface area contributed by atoms with Crippen LogP contribution in [0.1, 0.15) is 38.4 Å². The maximum Gasteiger partial charge on any atom is 0.303 e. The summed E-state index contributed by atoms with van der Waals surface area (Å²) in [6.07, 6.45) is 2.00. The first-order valence-corrected chi connectivity index (χ1v) is 6.78. The highest BCUT2D eigenvalue weighted by Gasteiger charge is 2.25. The summed E-state index contributed by atoms with van der Waals surface area (Å²) < 4.78 is 5.22. The van der Waals surface area contributed by atoms with Crippen LogP contribution in [0.25, 0.3) is 0 Å². The van der Waals surface area contributed by atoms with Gasteiger partial charge in [0, 0.05) is 19.4 Å². The molecule has 6 nitrogen and oxygen atoms in total. The number of aliphatic carboxylic acids is 1. The molecule has 1 aliphatic rings. The Morgan fingerprint density at radius 2 is 2.37 bits per heavy atom. The predicted octanol–water partition coefficient (Wildman–Crippen LogP) is 1.56. The van der Waals surface area contributed by atoms with E-state index in [1.54, 1.807) is 0 Å². The van der Waals surface area contributed by atoms with Gasteiger partial charge in [-0.05, 0) is 24.8 Å². The largest absolute Gasteiger partial charge is 0.481 e. The monoisotopic (exact) mass is 267 g/mol. The molecule has 1 aromatic rings. The van der Waals surface area contributed by atoms with Crippen molar-refractivity contribution >= 4 is 5.97 Å². The molecular weight excluding hydrogens is 246 g/mol. The number of nitrogens with zero attached hydrogens (tertiary/aromatic N) is 3. The first-order chi connectivity index (χ1) is 9.02. The van der Waals surface area contributed by atoms with E-state index in [0.717, 1.165) is 31.8 Å². The van der Waals surface area contributed by atoms with Crippen LogP contribution in [0.15, 0.2) is 4.52 Å². The molecule has 1 fully saturated rings. The minimum Gasteiger partial charge on any atom is -0.481 e. The second-order valence-electron chi connectivity index (χ2n) is 5.69. The maximum absolute atomic E-state index is 10.7. The average Bonchev–Trinajstić information content (AvgIpc) is 2.88. The molecule has 1 saturated heterocycles. The summed E-state index contributed by atoms with van der Waals surface area (Å²) in [4.78, 5) is 17.2. The van der Waals surface area contributed by atoms with Gasteiger partial charge in [0.05, 0.1) is 6.54 Å². The van der Waals surface area contributed by atoms with Crippen molar-refractivity contribution in [3.63, 3.8) is 0 Å². The number of carboxylic acids is 1. The third-order valence-electron chi connectivity index (χ3n) is 3.29. The van der Waals surface area contributed by atoms with Crippen molar-refractivity contribution in [1.82, 2.24) is 15.0 Å². The molecule has 1 atom stereocenters. The van der Waals surface area contributed by atoms with Crippen LogP contribution in [-0.2, 0) is 17.8 Å². The Balaban J connectivity index is 1.82. The Labute approximate surface area is 112 Å². The lowest BCUT2D eigenvalue weighted by atomic mass is 10.1. The molecule has 19 heavy (non-hydrogen) atoms. The zero-order chi connectivity index (χ0) is 13.8.